The Labute approximate surface area is 129 Å². The lowest BCUT2D eigenvalue weighted by atomic mass is 9.97. The van der Waals surface area contributed by atoms with Gasteiger partial charge in [0, 0.05) is 13.1 Å². The minimum Gasteiger partial charge on any atom is -0.351 e. The van der Waals surface area contributed by atoms with Crippen LogP contribution in [-0.2, 0) is 11.0 Å². The number of hydrogen-bond acceptors (Lipinski definition) is 2. The molecule has 0 aromatic heterocycles. The first-order chi connectivity index (χ1) is 10.7. The molecule has 0 saturated carbocycles. The number of carbonyl (C=O) groups excluding carboxylic acids is 2. The van der Waals surface area contributed by atoms with Gasteiger partial charge >= 0.3 is 12.2 Å². The number of carbonyl (C=O) groups is 2. The lowest BCUT2D eigenvalue weighted by molar-refractivity contribution is -0.137. The molecular formula is C14H15F4N3O2. The maximum absolute atomic E-state index is 13.6. The standard InChI is InChI=1S/C14H15F4N3O2/c15-10-4-3-9(14(16,17)18)6-11(10)20-12(22)8-2-1-5-21(7-8)13(19)23/h3-4,6,8H,1-2,5,7H2,(H2,19,23)(H,20,22)/t8-/m1/s1. The van der Waals surface area contributed by atoms with Crippen LogP contribution in [0.4, 0.5) is 28.0 Å². The Morgan fingerprint density at radius 3 is 2.61 bits per heavy atom. The summed E-state index contributed by atoms with van der Waals surface area (Å²) in [6.45, 7) is 0.471. The fourth-order valence-corrected chi connectivity index (χ4v) is 2.42. The molecule has 5 nitrogen and oxygen atoms in total. The van der Waals surface area contributed by atoms with Crippen LogP contribution in [0.3, 0.4) is 0 Å². The molecule has 9 heteroatoms. The van der Waals surface area contributed by atoms with Crippen molar-refractivity contribution in [2.45, 2.75) is 19.0 Å². The average molecular weight is 333 g/mol. The Morgan fingerprint density at radius 2 is 2.00 bits per heavy atom. The number of benzene rings is 1. The second-order valence-corrected chi connectivity index (χ2v) is 5.31. The van der Waals surface area contributed by atoms with Gasteiger partial charge in [0.2, 0.25) is 5.91 Å². The van der Waals surface area contributed by atoms with Crippen molar-refractivity contribution in [2.24, 2.45) is 11.7 Å². The van der Waals surface area contributed by atoms with Crippen molar-refractivity contribution in [3.05, 3.63) is 29.6 Å². The van der Waals surface area contributed by atoms with E-state index in [-0.39, 0.29) is 6.54 Å². The van der Waals surface area contributed by atoms with Crippen molar-refractivity contribution in [2.75, 3.05) is 18.4 Å². The molecule has 1 saturated heterocycles. The van der Waals surface area contributed by atoms with Gasteiger partial charge in [0.25, 0.3) is 0 Å². The Bertz CT molecular complexity index is 619. The van der Waals surface area contributed by atoms with Crippen LogP contribution < -0.4 is 11.1 Å². The normalized spacial score (nSPS) is 18.6. The Morgan fingerprint density at radius 1 is 1.30 bits per heavy atom. The summed E-state index contributed by atoms with van der Waals surface area (Å²) in [5.41, 5.74) is 3.54. The van der Waals surface area contributed by atoms with Crippen LogP contribution in [0.1, 0.15) is 18.4 Å². The molecule has 0 spiro atoms. The molecule has 3 amide bonds. The summed E-state index contributed by atoms with van der Waals surface area (Å²) in [6.07, 6.45) is -3.66. The van der Waals surface area contributed by atoms with Crippen LogP contribution in [0.5, 0.6) is 0 Å². The highest BCUT2D eigenvalue weighted by Gasteiger charge is 2.32. The number of nitrogens with two attached hydrogens (primary N) is 1. The summed E-state index contributed by atoms with van der Waals surface area (Å²) in [4.78, 5) is 24.5. The van der Waals surface area contributed by atoms with Crippen LogP contribution in [0.25, 0.3) is 0 Å². The quantitative estimate of drug-likeness (QED) is 0.816. The highest BCUT2D eigenvalue weighted by atomic mass is 19.4. The minimum atomic E-state index is -4.64. The number of rotatable bonds is 2. The smallest absolute Gasteiger partial charge is 0.351 e. The van der Waals surface area contributed by atoms with Gasteiger partial charge in [-0.3, -0.25) is 4.79 Å². The van der Waals surface area contributed by atoms with Gasteiger partial charge in [-0.15, -0.1) is 0 Å². The SMILES string of the molecule is NC(=O)N1CCC[C@@H](C(=O)Nc2cc(C(F)(F)F)ccc2F)C1. The third-order valence-corrected chi connectivity index (χ3v) is 3.66. The topological polar surface area (TPSA) is 75.4 Å². The molecule has 2 rings (SSSR count). The first-order valence-electron chi connectivity index (χ1n) is 6.90. The summed E-state index contributed by atoms with van der Waals surface area (Å²) in [6, 6.07) is 1.12. The molecule has 23 heavy (non-hydrogen) atoms. The fraction of sp³-hybridized carbons (Fsp3) is 0.429. The van der Waals surface area contributed by atoms with Crippen LogP contribution in [0.2, 0.25) is 0 Å². The van der Waals surface area contributed by atoms with E-state index in [9.17, 15) is 27.2 Å². The molecule has 0 aliphatic carbocycles. The van der Waals surface area contributed by atoms with E-state index in [2.05, 4.69) is 5.32 Å². The number of nitrogens with one attached hydrogen (secondary N) is 1. The third-order valence-electron chi connectivity index (χ3n) is 3.66. The molecule has 1 heterocycles. The Hall–Kier alpha value is -2.32. The summed E-state index contributed by atoms with van der Waals surface area (Å²) < 4.78 is 51.5. The number of urea groups is 1. The summed E-state index contributed by atoms with van der Waals surface area (Å²) in [5, 5.41) is 2.16. The number of amides is 3. The number of primary amides is 1. The minimum absolute atomic E-state index is 0.0573. The van der Waals surface area contributed by atoms with Crippen LogP contribution in [-0.4, -0.2) is 29.9 Å². The largest absolute Gasteiger partial charge is 0.416 e. The van der Waals surface area contributed by atoms with Gasteiger partial charge in [0.05, 0.1) is 17.2 Å². The predicted octanol–water partition coefficient (Wildman–Crippen LogP) is 2.57. The number of halogens is 4. The number of piperidine rings is 1. The molecular weight excluding hydrogens is 318 g/mol. The highest BCUT2D eigenvalue weighted by Crippen LogP contribution is 2.32. The van der Waals surface area contributed by atoms with Gasteiger partial charge < -0.3 is 16.0 Å². The number of nitrogens with zero attached hydrogens (tertiary/aromatic N) is 1. The van der Waals surface area contributed by atoms with Crippen molar-refractivity contribution in [3.63, 3.8) is 0 Å². The van der Waals surface area contributed by atoms with E-state index in [4.69, 9.17) is 5.73 Å². The van der Waals surface area contributed by atoms with E-state index >= 15 is 0 Å². The van der Waals surface area contributed by atoms with Crippen LogP contribution in [0.15, 0.2) is 18.2 Å². The van der Waals surface area contributed by atoms with Gasteiger partial charge in [-0.2, -0.15) is 13.2 Å². The van der Waals surface area contributed by atoms with Gasteiger partial charge in [-0.1, -0.05) is 0 Å². The first kappa shape index (κ1) is 17.0. The summed E-state index contributed by atoms with van der Waals surface area (Å²) in [7, 11) is 0. The molecule has 1 aromatic carbocycles. The maximum atomic E-state index is 13.6. The summed E-state index contributed by atoms with van der Waals surface area (Å²) >= 11 is 0. The van der Waals surface area contributed by atoms with E-state index in [1.165, 1.54) is 4.90 Å². The zero-order chi connectivity index (χ0) is 17.2. The molecule has 1 aliphatic rings. The number of hydrogen-bond donors (Lipinski definition) is 2. The van der Waals surface area contributed by atoms with Crippen molar-refractivity contribution in [3.8, 4) is 0 Å². The monoisotopic (exact) mass is 333 g/mol. The average Bonchev–Trinajstić information content (AvgIpc) is 2.48. The maximum Gasteiger partial charge on any atom is 0.416 e. The summed E-state index contributed by atoms with van der Waals surface area (Å²) in [5.74, 6) is -2.26. The molecule has 1 fully saturated rings. The zero-order valence-electron chi connectivity index (χ0n) is 12.0. The van der Waals surface area contributed by atoms with Gasteiger partial charge in [-0.05, 0) is 31.0 Å². The predicted molar refractivity (Wildman–Crippen MR) is 73.9 cm³/mol. The van der Waals surface area contributed by atoms with Crippen LogP contribution in [0, 0.1) is 11.7 Å². The van der Waals surface area contributed by atoms with E-state index in [1.54, 1.807) is 0 Å². The Balaban J connectivity index is 2.12. The highest BCUT2D eigenvalue weighted by molar-refractivity contribution is 5.93. The molecule has 0 bridgehead atoms. The lowest BCUT2D eigenvalue weighted by Gasteiger charge is -2.30. The molecule has 1 aromatic rings. The molecule has 1 aliphatic heterocycles. The van der Waals surface area contributed by atoms with Crippen molar-refractivity contribution < 1.29 is 27.2 Å². The fourth-order valence-electron chi connectivity index (χ4n) is 2.42. The second-order valence-electron chi connectivity index (χ2n) is 5.31. The second kappa shape index (κ2) is 6.43. The van der Waals surface area contributed by atoms with Gasteiger partial charge in [-0.25, -0.2) is 9.18 Å². The lowest BCUT2D eigenvalue weighted by Crippen LogP contribution is -2.46. The van der Waals surface area contributed by atoms with Crippen molar-refractivity contribution >= 4 is 17.6 Å². The molecule has 0 unspecified atom stereocenters. The van der Waals surface area contributed by atoms with Crippen molar-refractivity contribution in [1.29, 1.82) is 0 Å². The number of anilines is 1. The van der Waals surface area contributed by atoms with E-state index in [0.717, 1.165) is 0 Å². The molecule has 1 atom stereocenters. The number of alkyl halides is 3. The van der Waals surface area contributed by atoms with Gasteiger partial charge in [0.15, 0.2) is 0 Å². The van der Waals surface area contributed by atoms with Gasteiger partial charge in [0.1, 0.15) is 5.82 Å². The van der Waals surface area contributed by atoms with E-state index in [1.807, 2.05) is 0 Å². The Kier molecular flexibility index (Phi) is 4.76. The molecule has 126 valence electrons. The first-order valence-corrected chi connectivity index (χ1v) is 6.90. The zero-order valence-corrected chi connectivity index (χ0v) is 12.0. The van der Waals surface area contributed by atoms with E-state index in [0.29, 0.717) is 37.6 Å². The van der Waals surface area contributed by atoms with Crippen molar-refractivity contribution in [1.82, 2.24) is 4.90 Å². The van der Waals surface area contributed by atoms with E-state index < -0.39 is 41.1 Å². The molecule has 3 N–H and O–H groups in total. The number of likely N-dealkylation sites (tertiary alicyclic amines) is 1. The van der Waals surface area contributed by atoms with Crippen LogP contribution >= 0.6 is 0 Å². The third kappa shape index (κ3) is 4.11. The molecule has 0 radical (unpaired) electrons.